The van der Waals surface area contributed by atoms with Crippen LogP contribution in [0.25, 0.3) is 0 Å². The Kier molecular flexibility index (Phi) is 5.15. The lowest BCUT2D eigenvalue weighted by Crippen LogP contribution is -2.29. The summed E-state index contributed by atoms with van der Waals surface area (Å²) in [5, 5.41) is 9.79. The second-order valence-corrected chi connectivity index (χ2v) is 6.56. The largest absolute Gasteiger partial charge is 0.467 e. The van der Waals surface area contributed by atoms with Gasteiger partial charge in [0.15, 0.2) is 0 Å². The van der Waals surface area contributed by atoms with Crippen LogP contribution in [0.5, 0.6) is 6.01 Å². The summed E-state index contributed by atoms with van der Waals surface area (Å²) in [4.78, 5) is 17.9. The third-order valence-electron chi connectivity index (χ3n) is 4.85. The van der Waals surface area contributed by atoms with Crippen LogP contribution in [-0.2, 0) is 0 Å². The molecular weight excluding hydrogens is 294 g/mol. The molecule has 1 aromatic heterocycles. The summed E-state index contributed by atoms with van der Waals surface area (Å²) in [7, 11) is 1.59. The predicted molar refractivity (Wildman–Crippen MR) is 89.1 cm³/mol. The highest BCUT2D eigenvalue weighted by Crippen LogP contribution is 2.26. The van der Waals surface area contributed by atoms with Crippen LogP contribution in [0.3, 0.4) is 0 Å². The van der Waals surface area contributed by atoms with Crippen LogP contribution in [0, 0.1) is 5.92 Å². The van der Waals surface area contributed by atoms with Crippen LogP contribution in [0.15, 0.2) is 0 Å². The van der Waals surface area contributed by atoms with Crippen LogP contribution in [-0.4, -0.2) is 59.5 Å². The van der Waals surface area contributed by atoms with Gasteiger partial charge in [-0.2, -0.15) is 15.0 Å². The van der Waals surface area contributed by atoms with Crippen molar-refractivity contribution in [2.24, 2.45) is 5.92 Å². The Morgan fingerprint density at radius 2 is 1.65 bits per heavy atom. The Labute approximate surface area is 137 Å². The number of aliphatic hydroxyl groups is 1. The molecule has 0 bridgehead atoms. The highest BCUT2D eigenvalue weighted by Gasteiger charge is 2.29. The maximum atomic E-state index is 9.79. The molecule has 0 amide bonds. The summed E-state index contributed by atoms with van der Waals surface area (Å²) < 4.78 is 5.29. The highest BCUT2D eigenvalue weighted by molar-refractivity contribution is 5.41. The molecule has 2 saturated heterocycles. The molecule has 2 atom stereocenters. The SMILES string of the molecule is COc1nc(N2CCCCCC2)nc(N2CC[C@@H]([C@@H](C)O)C2)n1. The lowest BCUT2D eigenvalue weighted by molar-refractivity contribution is 0.136. The van der Waals surface area contributed by atoms with Crippen molar-refractivity contribution in [2.45, 2.75) is 45.1 Å². The molecule has 7 heteroatoms. The van der Waals surface area contributed by atoms with Crippen LogP contribution in [0.1, 0.15) is 39.0 Å². The quantitative estimate of drug-likeness (QED) is 0.900. The Balaban J connectivity index is 1.81. The lowest BCUT2D eigenvalue weighted by atomic mass is 10.0. The number of anilines is 2. The Morgan fingerprint density at radius 3 is 2.22 bits per heavy atom. The highest BCUT2D eigenvalue weighted by atomic mass is 16.5. The predicted octanol–water partition coefficient (Wildman–Crippen LogP) is 1.47. The molecule has 2 aliphatic heterocycles. The average Bonchev–Trinajstić information content (AvgIpc) is 2.91. The Morgan fingerprint density at radius 1 is 1.00 bits per heavy atom. The summed E-state index contributed by atoms with van der Waals surface area (Å²) >= 11 is 0. The van der Waals surface area contributed by atoms with E-state index in [1.807, 2.05) is 6.92 Å². The summed E-state index contributed by atoms with van der Waals surface area (Å²) in [5.41, 5.74) is 0. The van der Waals surface area contributed by atoms with E-state index >= 15 is 0 Å². The normalized spacial score (nSPS) is 23.7. The van der Waals surface area contributed by atoms with Gasteiger partial charge in [0, 0.05) is 32.1 Å². The molecule has 0 unspecified atom stereocenters. The summed E-state index contributed by atoms with van der Waals surface area (Å²) in [6.07, 6.45) is 5.56. The van der Waals surface area contributed by atoms with Gasteiger partial charge >= 0.3 is 6.01 Å². The Bertz CT molecular complexity index is 517. The summed E-state index contributed by atoms with van der Waals surface area (Å²) in [6.45, 7) is 5.48. The number of rotatable bonds is 4. The van der Waals surface area contributed by atoms with E-state index in [2.05, 4.69) is 19.8 Å². The fourth-order valence-electron chi connectivity index (χ4n) is 3.34. The van der Waals surface area contributed by atoms with E-state index in [9.17, 15) is 5.11 Å². The van der Waals surface area contributed by atoms with Crippen molar-refractivity contribution >= 4 is 11.9 Å². The van der Waals surface area contributed by atoms with Crippen LogP contribution >= 0.6 is 0 Å². The zero-order valence-corrected chi connectivity index (χ0v) is 14.1. The zero-order valence-electron chi connectivity index (χ0n) is 14.1. The van der Waals surface area contributed by atoms with Crippen molar-refractivity contribution < 1.29 is 9.84 Å². The molecule has 128 valence electrons. The second-order valence-electron chi connectivity index (χ2n) is 6.56. The van der Waals surface area contributed by atoms with Gasteiger partial charge < -0.3 is 19.6 Å². The summed E-state index contributed by atoms with van der Waals surface area (Å²) in [5.74, 6) is 1.66. The number of hydrogen-bond acceptors (Lipinski definition) is 7. The first-order valence-corrected chi connectivity index (χ1v) is 8.65. The van der Waals surface area contributed by atoms with Crippen LogP contribution in [0.4, 0.5) is 11.9 Å². The molecule has 1 N–H and O–H groups in total. The molecule has 2 aliphatic rings. The number of aliphatic hydroxyl groups excluding tert-OH is 1. The van der Waals surface area contributed by atoms with Crippen LogP contribution < -0.4 is 14.5 Å². The summed E-state index contributed by atoms with van der Waals surface area (Å²) in [6, 6.07) is 0.370. The standard InChI is InChI=1S/C16H27N5O2/c1-12(22)13-7-10-21(11-13)15-17-14(18-16(19-15)23-2)20-8-5-3-4-6-9-20/h12-13,22H,3-11H2,1-2H3/t12-,13-/m1/s1. The number of aromatic nitrogens is 3. The third-order valence-corrected chi connectivity index (χ3v) is 4.85. The number of hydrogen-bond donors (Lipinski definition) is 1. The monoisotopic (exact) mass is 321 g/mol. The minimum absolute atomic E-state index is 0.277. The topological polar surface area (TPSA) is 74.6 Å². The molecule has 0 aliphatic carbocycles. The molecule has 1 aromatic rings. The number of nitrogens with zero attached hydrogens (tertiary/aromatic N) is 5. The van der Waals surface area contributed by atoms with E-state index in [4.69, 9.17) is 9.72 Å². The first-order valence-electron chi connectivity index (χ1n) is 8.65. The van der Waals surface area contributed by atoms with Crippen molar-refractivity contribution in [1.82, 2.24) is 15.0 Å². The third kappa shape index (κ3) is 3.83. The molecule has 2 fully saturated rings. The van der Waals surface area contributed by atoms with Gasteiger partial charge in [-0.25, -0.2) is 0 Å². The van der Waals surface area contributed by atoms with Crippen molar-refractivity contribution in [3.05, 3.63) is 0 Å². The minimum Gasteiger partial charge on any atom is -0.467 e. The number of ether oxygens (including phenoxy) is 1. The molecule has 7 nitrogen and oxygen atoms in total. The van der Waals surface area contributed by atoms with Gasteiger partial charge in [-0.1, -0.05) is 12.8 Å². The van der Waals surface area contributed by atoms with Crippen molar-refractivity contribution in [3.8, 4) is 6.01 Å². The molecule has 0 spiro atoms. The van der Waals surface area contributed by atoms with E-state index in [0.717, 1.165) is 32.6 Å². The van der Waals surface area contributed by atoms with Gasteiger partial charge in [-0.3, -0.25) is 0 Å². The fraction of sp³-hybridized carbons (Fsp3) is 0.812. The van der Waals surface area contributed by atoms with Crippen LogP contribution in [0.2, 0.25) is 0 Å². The van der Waals surface area contributed by atoms with Crippen molar-refractivity contribution in [3.63, 3.8) is 0 Å². The van der Waals surface area contributed by atoms with Gasteiger partial charge in [0.1, 0.15) is 0 Å². The maximum absolute atomic E-state index is 9.79. The smallest absolute Gasteiger partial charge is 0.322 e. The molecule has 3 rings (SSSR count). The van der Waals surface area contributed by atoms with E-state index < -0.39 is 0 Å². The minimum atomic E-state index is -0.297. The Hall–Kier alpha value is -1.63. The first kappa shape index (κ1) is 16.2. The molecule has 23 heavy (non-hydrogen) atoms. The lowest BCUT2D eigenvalue weighted by Gasteiger charge is -2.23. The zero-order chi connectivity index (χ0) is 16.2. The second kappa shape index (κ2) is 7.29. The molecule has 0 aromatic carbocycles. The van der Waals surface area contributed by atoms with Crippen molar-refractivity contribution in [1.29, 1.82) is 0 Å². The number of methoxy groups -OCH3 is 1. The van der Waals surface area contributed by atoms with E-state index in [-0.39, 0.29) is 12.0 Å². The first-order chi connectivity index (χ1) is 11.2. The van der Waals surface area contributed by atoms with E-state index in [1.165, 1.54) is 25.7 Å². The van der Waals surface area contributed by atoms with E-state index in [0.29, 0.717) is 17.9 Å². The van der Waals surface area contributed by atoms with Gasteiger partial charge in [0.2, 0.25) is 11.9 Å². The van der Waals surface area contributed by atoms with Crippen molar-refractivity contribution in [2.75, 3.05) is 43.1 Å². The molecule has 0 saturated carbocycles. The van der Waals surface area contributed by atoms with E-state index in [1.54, 1.807) is 7.11 Å². The maximum Gasteiger partial charge on any atom is 0.322 e. The molecule has 3 heterocycles. The molecule has 0 radical (unpaired) electrons. The fourth-order valence-corrected chi connectivity index (χ4v) is 3.34. The molecular formula is C16H27N5O2. The van der Waals surface area contributed by atoms with Gasteiger partial charge in [0.05, 0.1) is 13.2 Å². The van der Waals surface area contributed by atoms with Gasteiger partial charge in [-0.15, -0.1) is 0 Å². The average molecular weight is 321 g/mol. The van der Waals surface area contributed by atoms with Gasteiger partial charge in [-0.05, 0) is 26.2 Å². The van der Waals surface area contributed by atoms with Gasteiger partial charge in [0.25, 0.3) is 0 Å².